The number of aryl methyl sites for hydroxylation is 1. The zero-order valence-corrected chi connectivity index (χ0v) is 12.0. The Hall–Kier alpha value is -1.68. The summed E-state index contributed by atoms with van der Waals surface area (Å²) in [6, 6.07) is 10.3. The van der Waals surface area contributed by atoms with Crippen LogP contribution in [0.3, 0.4) is 0 Å². The number of amides is 1. The van der Waals surface area contributed by atoms with Crippen LogP contribution in [0.1, 0.15) is 18.4 Å². The molecule has 19 heavy (non-hydrogen) atoms. The monoisotopic (exact) mass is 277 g/mol. The molecular formula is C15H19NO2S. The molecule has 1 aliphatic heterocycles. The average molecular weight is 277 g/mol. The highest BCUT2D eigenvalue weighted by molar-refractivity contribution is 7.80. The van der Waals surface area contributed by atoms with E-state index >= 15 is 0 Å². The summed E-state index contributed by atoms with van der Waals surface area (Å²) >= 11 is 4.82. The molecule has 1 aromatic rings. The van der Waals surface area contributed by atoms with E-state index < -0.39 is 0 Å². The van der Waals surface area contributed by atoms with Crippen molar-refractivity contribution in [2.45, 2.75) is 19.8 Å². The van der Waals surface area contributed by atoms with Crippen molar-refractivity contribution in [2.24, 2.45) is 0 Å². The molecule has 4 heteroatoms. The van der Waals surface area contributed by atoms with Crippen LogP contribution in [-0.2, 0) is 9.53 Å². The van der Waals surface area contributed by atoms with E-state index in [9.17, 15) is 4.79 Å². The maximum atomic E-state index is 11.3. The number of carbonyl (C=O) groups is 1. The fraction of sp³-hybridized carbons (Fsp3) is 0.333. The van der Waals surface area contributed by atoms with Gasteiger partial charge in [0.2, 0.25) is 5.91 Å². The summed E-state index contributed by atoms with van der Waals surface area (Å²) in [5.74, 6) is 0.0254. The van der Waals surface area contributed by atoms with Crippen molar-refractivity contribution in [3.63, 3.8) is 0 Å². The highest BCUT2D eigenvalue weighted by Crippen LogP contribution is 2.07. The van der Waals surface area contributed by atoms with Crippen LogP contribution in [-0.4, -0.2) is 29.1 Å². The molecule has 0 unspecified atom stereocenters. The average Bonchev–Trinajstić information content (AvgIpc) is 2.84. The number of ether oxygens (including phenoxy) is 1. The number of allylic oxidation sites excluding steroid dienone is 1. The van der Waals surface area contributed by atoms with Crippen LogP contribution >= 0.6 is 12.2 Å². The molecule has 0 N–H and O–H groups in total. The Bertz CT molecular complexity index is 431. The normalized spacial score (nSPS) is 13.3. The van der Waals surface area contributed by atoms with Gasteiger partial charge in [-0.25, -0.2) is 0 Å². The Kier molecular flexibility index (Phi) is 6.82. The number of thiocarbonyl (C=S) groups is 1. The summed E-state index contributed by atoms with van der Waals surface area (Å²) in [5, 5.41) is 0.309. The van der Waals surface area contributed by atoms with Crippen LogP contribution in [0, 0.1) is 6.92 Å². The minimum atomic E-state index is 0.0254. The van der Waals surface area contributed by atoms with Crippen LogP contribution in [0.2, 0.25) is 0 Å². The summed E-state index contributed by atoms with van der Waals surface area (Å²) in [5.41, 5.74) is 1.32. The molecule has 0 aliphatic carbocycles. The number of benzene rings is 1. The Labute approximate surface area is 119 Å². The van der Waals surface area contributed by atoms with E-state index in [0.29, 0.717) is 31.2 Å². The van der Waals surface area contributed by atoms with Crippen molar-refractivity contribution in [3.05, 3.63) is 48.6 Å². The maximum absolute atomic E-state index is 11.3. The molecule has 1 aromatic carbocycles. The summed E-state index contributed by atoms with van der Waals surface area (Å²) in [6.07, 6.45) is 2.88. The highest BCUT2D eigenvalue weighted by atomic mass is 32.1. The van der Waals surface area contributed by atoms with Crippen LogP contribution < -0.4 is 0 Å². The van der Waals surface area contributed by atoms with Gasteiger partial charge in [0, 0.05) is 6.42 Å². The predicted molar refractivity (Wildman–Crippen MR) is 80.9 cm³/mol. The third kappa shape index (κ3) is 5.66. The summed E-state index contributed by atoms with van der Waals surface area (Å²) in [4.78, 5) is 12.8. The van der Waals surface area contributed by atoms with E-state index in [1.807, 2.05) is 18.2 Å². The lowest BCUT2D eigenvalue weighted by molar-refractivity contribution is -0.126. The van der Waals surface area contributed by atoms with E-state index in [1.165, 1.54) is 10.5 Å². The minimum Gasteiger partial charge on any atom is -0.469 e. The molecule has 1 saturated heterocycles. The third-order valence-corrected chi connectivity index (χ3v) is 2.90. The van der Waals surface area contributed by atoms with Gasteiger partial charge in [-0.1, -0.05) is 42.0 Å². The number of carbonyl (C=O) groups excluding carboxylic acids is 1. The first-order valence-electron chi connectivity index (χ1n) is 6.25. The zero-order valence-electron chi connectivity index (χ0n) is 11.2. The standard InChI is InChI=1S/C8H11NO2S.C7H8/c1-2-3-4-7(10)9-5-6-11-8(9)12;1-7-5-3-2-4-6-7/h2H,1,3-6H2;2-6H,1H3. The van der Waals surface area contributed by atoms with Crippen LogP contribution in [0.25, 0.3) is 0 Å². The molecule has 0 aromatic heterocycles. The quantitative estimate of drug-likeness (QED) is 0.628. The molecule has 3 nitrogen and oxygen atoms in total. The van der Waals surface area contributed by atoms with Crippen molar-refractivity contribution in [3.8, 4) is 0 Å². The van der Waals surface area contributed by atoms with E-state index in [1.54, 1.807) is 6.08 Å². The summed E-state index contributed by atoms with van der Waals surface area (Å²) in [7, 11) is 0. The number of hydrogen-bond donors (Lipinski definition) is 0. The van der Waals surface area contributed by atoms with E-state index in [-0.39, 0.29) is 5.91 Å². The van der Waals surface area contributed by atoms with Crippen LogP contribution in [0.5, 0.6) is 0 Å². The Morgan fingerprint density at radius 3 is 2.58 bits per heavy atom. The molecule has 1 amide bonds. The molecule has 0 spiro atoms. The SMILES string of the molecule is C=CCCC(=O)N1CCOC1=S.Cc1ccccc1. The molecule has 2 rings (SSSR count). The number of nitrogens with zero attached hydrogens (tertiary/aromatic N) is 1. The van der Waals surface area contributed by atoms with Gasteiger partial charge in [-0.3, -0.25) is 9.69 Å². The van der Waals surface area contributed by atoms with Crippen molar-refractivity contribution in [2.75, 3.05) is 13.2 Å². The molecule has 0 radical (unpaired) electrons. The first-order valence-corrected chi connectivity index (χ1v) is 6.65. The van der Waals surface area contributed by atoms with Crippen molar-refractivity contribution < 1.29 is 9.53 Å². The minimum absolute atomic E-state index is 0.0254. The molecule has 102 valence electrons. The third-order valence-electron chi connectivity index (χ3n) is 2.56. The second-order valence-electron chi connectivity index (χ2n) is 4.14. The fourth-order valence-corrected chi connectivity index (χ4v) is 1.79. The Morgan fingerprint density at radius 2 is 2.16 bits per heavy atom. The highest BCUT2D eigenvalue weighted by Gasteiger charge is 2.23. The first-order chi connectivity index (χ1) is 9.15. The second-order valence-corrected chi connectivity index (χ2v) is 4.49. The molecule has 0 bridgehead atoms. The Balaban J connectivity index is 0.000000218. The van der Waals surface area contributed by atoms with Crippen LogP contribution in [0.4, 0.5) is 0 Å². The second kappa shape index (κ2) is 8.43. The predicted octanol–water partition coefficient (Wildman–Crippen LogP) is 3.09. The molecule has 0 atom stereocenters. The van der Waals surface area contributed by atoms with Crippen molar-refractivity contribution >= 4 is 23.3 Å². The maximum Gasteiger partial charge on any atom is 0.266 e. The van der Waals surface area contributed by atoms with Gasteiger partial charge in [-0.15, -0.1) is 6.58 Å². The molecular weight excluding hydrogens is 258 g/mol. The largest absolute Gasteiger partial charge is 0.469 e. The topological polar surface area (TPSA) is 29.5 Å². The van der Waals surface area contributed by atoms with Gasteiger partial charge in [0.25, 0.3) is 5.17 Å². The van der Waals surface area contributed by atoms with Gasteiger partial charge in [-0.05, 0) is 25.6 Å². The molecule has 1 aliphatic rings. The summed E-state index contributed by atoms with van der Waals surface area (Å²) in [6.45, 7) is 6.75. The first kappa shape index (κ1) is 15.4. The molecule has 1 heterocycles. The number of rotatable bonds is 3. The van der Waals surface area contributed by atoms with Crippen LogP contribution in [0.15, 0.2) is 43.0 Å². The lowest BCUT2D eigenvalue weighted by atomic mass is 10.2. The van der Waals surface area contributed by atoms with Gasteiger partial charge < -0.3 is 4.74 Å². The zero-order chi connectivity index (χ0) is 14.1. The van der Waals surface area contributed by atoms with Gasteiger partial charge in [0.05, 0.1) is 6.54 Å². The van der Waals surface area contributed by atoms with Gasteiger partial charge in [-0.2, -0.15) is 0 Å². The van der Waals surface area contributed by atoms with Crippen molar-refractivity contribution in [1.29, 1.82) is 0 Å². The summed E-state index contributed by atoms with van der Waals surface area (Å²) < 4.78 is 4.98. The van der Waals surface area contributed by atoms with Gasteiger partial charge in [0.15, 0.2) is 0 Å². The van der Waals surface area contributed by atoms with Crippen molar-refractivity contribution in [1.82, 2.24) is 4.90 Å². The van der Waals surface area contributed by atoms with E-state index in [4.69, 9.17) is 17.0 Å². The number of hydrogen-bond acceptors (Lipinski definition) is 3. The van der Waals surface area contributed by atoms with E-state index in [2.05, 4.69) is 25.6 Å². The smallest absolute Gasteiger partial charge is 0.266 e. The Morgan fingerprint density at radius 1 is 1.47 bits per heavy atom. The fourth-order valence-electron chi connectivity index (χ4n) is 1.51. The van der Waals surface area contributed by atoms with Gasteiger partial charge in [0.1, 0.15) is 6.61 Å². The molecule has 1 fully saturated rings. The lowest BCUT2D eigenvalue weighted by Crippen LogP contribution is -2.31. The van der Waals surface area contributed by atoms with Gasteiger partial charge >= 0.3 is 0 Å². The lowest BCUT2D eigenvalue weighted by Gasteiger charge is -2.11. The molecule has 0 saturated carbocycles. The van der Waals surface area contributed by atoms with E-state index in [0.717, 1.165) is 0 Å².